The van der Waals surface area contributed by atoms with Gasteiger partial charge in [-0.05, 0) is 24.6 Å². The number of carbonyl (C=O) groups is 2. The Bertz CT molecular complexity index is 1010. The molecule has 0 saturated heterocycles. The second-order valence-electron chi connectivity index (χ2n) is 5.34. The molecule has 1 aliphatic rings. The normalized spacial score (nSPS) is 13.8. The van der Waals surface area contributed by atoms with E-state index in [-0.39, 0.29) is 5.56 Å². The Morgan fingerprint density at radius 1 is 1.12 bits per heavy atom. The van der Waals surface area contributed by atoms with E-state index in [1.807, 2.05) is 5.32 Å². The Hall–Kier alpha value is -3.17. The van der Waals surface area contributed by atoms with Crippen LogP contribution in [0.15, 0.2) is 23.0 Å². The van der Waals surface area contributed by atoms with Gasteiger partial charge < -0.3 is 5.73 Å². The van der Waals surface area contributed by atoms with E-state index in [1.165, 1.54) is 0 Å². The monoisotopic (exact) mass is 355 g/mol. The molecular formula is C15H9F4N3O3. The molecule has 0 atom stereocenters. The summed E-state index contributed by atoms with van der Waals surface area (Å²) in [6, 6.07) is 2.21. The van der Waals surface area contributed by atoms with Crippen LogP contribution in [0.1, 0.15) is 31.8 Å². The zero-order chi connectivity index (χ0) is 18.7. The summed E-state index contributed by atoms with van der Waals surface area (Å²) in [5, 5.41) is 1.90. The average molecular weight is 355 g/mol. The third kappa shape index (κ3) is 2.37. The fourth-order valence-electron chi connectivity index (χ4n) is 2.74. The van der Waals surface area contributed by atoms with Crippen LogP contribution >= 0.6 is 0 Å². The molecule has 2 amide bonds. The van der Waals surface area contributed by atoms with E-state index in [1.54, 1.807) is 0 Å². The molecule has 0 fully saturated rings. The van der Waals surface area contributed by atoms with Gasteiger partial charge in [0.05, 0.1) is 22.4 Å². The van der Waals surface area contributed by atoms with Crippen molar-refractivity contribution in [2.75, 3.05) is 5.73 Å². The number of anilines is 1. The van der Waals surface area contributed by atoms with Gasteiger partial charge in [0.2, 0.25) is 0 Å². The number of benzene rings is 1. The van der Waals surface area contributed by atoms with Crippen LogP contribution in [0.2, 0.25) is 0 Å². The molecule has 130 valence electrons. The van der Waals surface area contributed by atoms with Crippen LogP contribution in [0, 0.1) is 12.7 Å². The Morgan fingerprint density at radius 3 is 2.36 bits per heavy atom. The summed E-state index contributed by atoms with van der Waals surface area (Å²) in [4.78, 5) is 35.6. The predicted octanol–water partition coefficient (Wildman–Crippen LogP) is 1.77. The minimum atomic E-state index is -4.98. The van der Waals surface area contributed by atoms with Crippen molar-refractivity contribution in [2.45, 2.75) is 13.1 Å². The standard InChI is InChI=1S/C15H9F4N3O3/c1-5-7(16)2-3-8(11(5)15(17,18)19)22-9(23)4-6-10(12(22)20)14(25)21-13(6)24/h2-4H,20H2,1H3,(H,21,24,25). The molecular weight excluding hydrogens is 346 g/mol. The molecule has 10 heteroatoms. The number of halogens is 4. The Morgan fingerprint density at radius 2 is 1.76 bits per heavy atom. The summed E-state index contributed by atoms with van der Waals surface area (Å²) in [5.41, 5.74) is 1.07. The number of nitrogens with two attached hydrogens (primary N) is 1. The van der Waals surface area contributed by atoms with Crippen molar-refractivity contribution < 1.29 is 27.2 Å². The number of pyridine rings is 1. The van der Waals surface area contributed by atoms with Crippen LogP contribution in [0.3, 0.4) is 0 Å². The van der Waals surface area contributed by atoms with Gasteiger partial charge in [-0.2, -0.15) is 13.2 Å². The molecule has 2 heterocycles. The number of hydrogen-bond acceptors (Lipinski definition) is 4. The minimum absolute atomic E-state index is 0.323. The molecule has 0 unspecified atom stereocenters. The van der Waals surface area contributed by atoms with Crippen LogP contribution in [0.25, 0.3) is 5.69 Å². The molecule has 0 saturated carbocycles. The van der Waals surface area contributed by atoms with Gasteiger partial charge in [-0.1, -0.05) is 0 Å². The Kier molecular flexibility index (Phi) is 3.44. The number of aromatic nitrogens is 1. The van der Waals surface area contributed by atoms with E-state index < -0.39 is 57.6 Å². The molecule has 6 nitrogen and oxygen atoms in total. The van der Waals surface area contributed by atoms with Crippen LogP contribution in [0.5, 0.6) is 0 Å². The summed E-state index contributed by atoms with van der Waals surface area (Å²) in [5.74, 6) is -3.56. The van der Waals surface area contributed by atoms with Gasteiger partial charge in [-0.25, -0.2) is 4.39 Å². The fraction of sp³-hybridized carbons (Fsp3) is 0.133. The van der Waals surface area contributed by atoms with Crippen molar-refractivity contribution in [3.8, 4) is 5.69 Å². The lowest BCUT2D eigenvalue weighted by atomic mass is 10.0. The van der Waals surface area contributed by atoms with E-state index in [2.05, 4.69) is 0 Å². The molecule has 1 aromatic carbocycles. The lowest BCUT2D eigenvalue weighted by molar-refractivity contribution is -0.138. The van der Waals surface area contributed by atoms with Gasteiger partial charge >= 0.3 is 6.18 Å². The molecule has 2 aromatic rings. The van der Waals surface area contributed by atoms with E-state index >= 15 is 0 Å². The van der Waals surface area contributed by atoms with Crippen molar-refractivity contribution in [3.05, 3.63) is 56.6 Å². The summed E-state index contributed by atoms with van der Waals surface area (Å²) in [7, 11) is 0. The van der Waals surface area contributed by atoms with Gasteiger partial charge in [0.25, 0.3) is 17.4 Å². The Labute approximate surface area is 136 Å². The molecule has 1 aliphatic heterocycles. The van der Waals surface area contributed by atoms with Crippen molar-refractivity contribution in [1.29, 1.82) is 0 Å². The summed E-state index contributed by atoms with van der Waals surface area (Å²) in [6.07, 6.45) is -4.98. The zero-order valence-corrected chi connectivity index (χ0v) is 12.5. The maximum absolute atomic E-state index is 13.6. The summed E-state index contributed by atoms with van der Waals surface area (Å²) >= 11 is 0. The second kappa shape index (κ2) is 5.16. The molecule has 0 aliphatic carbocycles. The van der Waals surface area contributed by atoms with Crippen LogP contribution in [0.4, 0.5) is 23.4 Å². The molecule has 0 bridgehead atoms. The maximum atomic E-state index is 13.6. The predicted molar refractivity (Wildman–Crippen MR) is 77.9 cm³/mol. The molecule has 1 aromatic heterocycles. The lowest BCUT2D eigenvalue weighted by Crippen LogP contribution is -2.27. The number of rotatable bonds is 1. The van der Waals surface area contributed by atoms with Crippen LogP contribution in [-0.2, 0) is 6.18 Å². The quantitative estimate of drug-likeness (QED) is 0.602. The minimum Gasteiger partial charge on any atom is -0.384 e. The van der Waals surface area contributed by atoms with Crippen molar-refractivity contribution >= 4 is 17.6 Å². The molecule has 25 heavy (non-hydrogen) atoms. The van der Waals surface area contributed by atoms with Crippen LogP contribution in [-0.4, -0.2) is 16.4 Å². The SMILES string of the molecule is Cc1c(F)ccc(-n2c(N)c3c(cc2=O)C(=O)NC3=O)c1C(F)(F)F. The average Bonchev–Trinajstić information content (AvgIpc) is 2.76. The highest BCUT2D eigenvalue weighted by molar-refractivity contribution is 6.23. The molecule has 0 spiro atoms. The third-order valence-electron chi connectivity index (χ3n) is 3.85. The first kappa shape index (κ1) is 16.7. The number of nitrogen functional groups attached to an aromatic ring is 1. The molecule has 3 N–H and O–H groups in total. The number of alkyl halides is 3. The number of hydrogen-bond donors (Lipinski definition) is 2. The Balaban J connectivity index is 2.43. The first-order valence-electron chi connectivity index (χ1n) is 6.82. The number of fused-ring (bicyclic) bond motifs is 1. The number of nitrogens with zero attached hydrogens (tertiary/aromatic N) is 1. The van der Waals surface area contributed by atoms with Crippen molar-refractivity contribution in [3.63, 3.8) is 0 Å². The molecule has 3 rings (SSSR count). The van der Waals surface area contributed by atoms with Crippen molar-refractivity contribution in [1.82, 2.24) is 9.88 Å². The van der Waals surface area contributed by atoms with Gasteiger partial charge in [-0.3, -0.25) is 24.3 Å². The number of imide groups is 1. The molecule has 0 radical (unpaired) electrons. The maximum Gasteiger partial charge on any atom is 0.418 e. The topological polar surface area (TPSA) is 94.2 Å². The van der Waals surface area contributed by atoms with E-state index in [9.17, 15) is 31.9 Å². The van der Waals surface area contributed by atoms with Crippen molar-refractivity contribution in [2.24, 2.45) is 0 Å². The first-order chi connectivity index (χ1) is 11.5. The largest absolute Gasteiger partial charge is 0.418 e. The van der Waals surface area contributed by atoms with Crippen LogP contribution < -0.4 is 16.6 Å². The number of carbonyl (C=O) groups excluding carboxylic acids is 2. The summed E-state index contributed by atoms with van der Waals surface area (Å²) < 4.78 is 54.2. The van der Waals surface area contributed by atoms with E-state index in [4.69, 9.17) is 5.73 Å². The first-order valence-corrected chi connectivity index (χ1v) is 6.82. The van der Waals surface area contributed by atoms with Gasteiger partial charge in [0, 0.05) is 6.07 Å². The highest BCUT2D eigenvalue weighted by Crippen LogP contribution is 2.38. The highest BCUT2D eigenvalue weighted by Gasteiger charge is 2.39. The summed E-state index contributed by atoms with van der Waals surface area (Å²) in [6.45, 7) is 0.909. The lowest BCUT2D eigenvalue weighted by Gasteiger charge is -2.19. The van der Waals surface area contributed by atoms with Gasteiger partial charge in [-0.15, -0.1) is 0 Å². The highest BCUT2D eigenvalue weighted by atomic mass is 19.4. The zero-order valence-electron chi connectivity index (χ0n) is 12.5. The third-order valence-corrected chi connectivity index (χ3v) is 3.85. The number of amides is 2. The second-order valence-corrected chi connectivity index (χ2v) is 5.34. The van der Waals surface area contributed by atoms with Gasteiger partial charge in [0.15, 0.2) is 0 Å². The smallest absolute Gasteiger partial charge is 0.384 e. The van der Waals surface area contributed by atoms with E-state index in [0.717, 1.165) is 19.1 Å². The fourth-order valence-corrected chi connectivity index (χ4v) is 2.74. The van der Waals surface area contributed by atoms with Gasteiger partial charge in [0.1, 0.15) is 11.6 Å². The van der Waals surface area contributed by atoms with E-state index in [0.29, 0.717) is 10.6 Å². The number of nitrogens with one attached hydrogen (secondary N) is 1.